The molecule has 3 rings (SSSR count). The van der Waals surface area contributed by atoms with E-state index in [2.05, 4.69) is 5.10 Å². The van der Waals surface area contributed by atoms with E-state index in [1.807, 2.05) is 54.7 Å². The van der Waals surface area contributed by atoms with E-state index >= 15 is 0 Å². The lowest BCUT2D eigenvalue weighted by atomic mass is 9.97. The van der Waals surface area contributed by atoms with Crippen molar-refractivity contribution >= 4 is 5.91 Å². The molecule has 1 amide bonds. The van der Waals surface area contributed by atoms with Crippen LogP contribution in [0.15, 0.2) is 42.7 Å². The van der Waals surface area contributed by atoms with Gasteiger partial charge in [0.25, 0.3) is 5.91 Å². The van der Waals surface area contributed by atoms with Gasteiger partial charge in [-0.15, -0.1) is 0 Å². The van der Waals surface area contributed by atoms with Crippen LogP contribution in [0.1, 0.15) is 30.9 Å². The van der Waals surface area contributed by atoms with Crippen molar-refractivity contribution in [3.8, 4) is 5.75 Å². The third-order valence-corrected chi connectivity index (χ3v) is 4.04. The second kappa shape index (κ2) is 6.64. The average molecular weight is 299 g/mol. The van der Waals surface area contributed by atoms with Crippen LogP contribution in [0.4, 0.5) is 0 Å². The maximum atomic E-state index is 12.5. The van der Waals surface area contributed by atoms with Gasteiger partial charge in [0.1, 0.15) is 5.75 Å². The Balaban J connectivity index is 1.66. The first kappa shape index (κ1) is 14.6. The number of ether oxygens (including phenoxy) is 1. The summed E-state index contributed by atoms with van der Waals surface area (Å²) >= 11 is 0. The minimum atomic E-state index is 0.0393. The molecule has 0 bridgehead atoms. The number of para-hydroxylation sites is 1. The van der Waals surface area contributed by atoms with Gasteiger partial charge in [-0.3, -0.25) is 9.48 Å². The van der Waals surface area contributed by atoms with Gasteiger partial charge in [0.05, 0.1) is 12.2 Å². The fourth-order valence-electron chi connectivity index (χ4n) is 2.93. The molecule has 5 heteroatoms. The number of hydrogen-bond acceptors (Lipinski definition) is 3. The number of likely N-dealkylation sites (tertiary alicyclic amines) is 1. The number of rotatable bonds is 4. The van der Waals surface area contributed by atoms with Crippen molar-refractivity contribution in [3.63, 3.8) is 0 Å². The van der Waals surface area contributed by atoms with Crippen LogP contribution < -0.4 is 4.74 Å². The number of nitrogens with zero attached hydrogens (tertiary/aromatic N) is 3. The number of benzene rings is 1. The van der Waals surface area contributed by atoms with Crippen LogP contribution in [0.5, 0.6) is 5.75 Å². The summed E-state index contributed by atoms with van der Waals surface area (Å²) in [6, 6.07) is 9.58. The van der Waals surface area contributed by atoms with Crippen molar-refractivity contribution in [2.45, 2.75) is 25.3 Å². The molecule has 1 aliphatic rings. The number of carbonyl (C=O) groups excluding carboxylic acids is 1. The van der Waals surface area contributed by atoms with Crippen LogP contribution in [-0.2, 0) is 11.8 Å². The molecule has 0 aliphatic carbocycles. The highest BCUT2D eigenvalue weighted by Crippen LogP contribution is 2.30. The summed E-state index contributed by atoms with van der Waals surface area (Å²) in [5.41, 5.74) is 1.11. The fraction of sp³-hybridized carbons (Fsp3) is 0.412. The molecule has 0 saturated carbocycles. The van der Waals surface area contributed by atoms with Crippen molar-refractivity contribution in [1.29, 1.82) is 0 Å². The summed E-state index contributed by atoms with van der Waals surface area (Å²) in [7, 11) is 1.90. The van der Waals surface area contributed by atoms with E-state index in [9.17, 15) is 4.79 Å². The van der Waals surface area contributed by atoms with E-state index in [1.54, 1.807) is 4.68 Å². The first-order chi connectivity index (χ1) is 10.7. The molecule has 22 heavy (non-hydrogen) atoms. The molecule has 1 fully saturated rings. The van der Waals surface area contributed by atoms with Gasteiger partial charge in [-0.1, -0.05) is 18.2 Å². The summed E-state index contributed by atoms with van der Waals surface area (Å²) in [6.45, 7) is 0.872. The Labute approximate surface area is 130 Å². The van der Waals surface area contributed by atoms with E-state index in [4.69, 9.17) is 4.74 Å². The molecular weight excluding hydrogens is 278 g/mol. The molecule has 0 unspecified atom stereocenters. The lowest BCUT2D eigenvalue weighted by Crippen LogP contribution is -2.41. The van der Waals surface area contributed by atoms with Crippen LogP contribution in [-0.4, -0.2) is 33.7 Å². The van der Waals surface area contributed by atoms with Crippen LogP contribution in [0, 0.1) is 0 Å². The van der Waals surface area contributed by atoms with Crippen molar-refractivity contribution in [2.75, 3.05) is 13.2 Å². The Hall–Kier alpha value is -2.30. The molecule has 1 saturated heterocycles. The molecule has 0 spiro atoms. The van der Waals surface area contributed by atoms with E-state index in [0.29, 0.717) is 0 Å². The molecule has 1 aromatic heterocycles. The molecule has 0 N–H and O–H groups in total. The standard InChI is InChI=1S/C17H21N3O2/c1-19-12-14(11-18-19)16-9-5-6-10-20(16)17(21)13-22-15-7-3-2-4-8-15/h2-4,7-8,11-12,16H,5-6,9-10,13H2,1H3/t16-/m0/s1. The second-order valence-corrected chi connectivity index (χ2v) is 5.65. The van der Waals surface area contributed by atoms with E-state index in [-0.39, 0.29) is 18.6 Å². The van der Waals surface area contributed by atoms with Gasteiger partial charge in [0.15, 0.2) is 6.61 Å². The number of piperidine rings is 1. The second-order valence-electron chi connectivity index (χ2n) is 5.65. The van der Waals surface area contributed by atoms with Gasteiger partial charge in [0, 0.05) is 25.4 Å². The van der Waals surface area contributed by atoms with E-state index in [0.717, 1.165) is 37.1 Å². The zero-order valence-electron chi connectivity index (χ0n) is 12.8. The predicted octanol–water partition coefficient (Wildman–Crippen LogP) is 2.55. The summed E-state index contributed by atoms with van der Waals surface area (Å²) in [4.78, 5) is 14.5. The fourth-order valence-corrected chi connectivity index (χ4v) is 2.93. The van der Waals surface area contributed by atoms with E-state index < -0.39 is 0 Å². The molecule has 0 radical (unpaired) electrons. The van der Waals surface area contributed by atoms with Gasteiger partial charge >= 0.3 is 0 Å². The average Bonchev–Trinajstić information content (AvgIpc) is 3.00. The normalized spacial score (nSPS) is 18.2. The number of aromatic nitrogens is 2. The van der Waals surface area contributed by atoms with Gasteiger partial charge in [-0.2, -0.15) is 5.10 Å². The minimum Gasteiger partial charge on any atom is -0.484 e. The molecular formula is C17H21N3O2. The molecule has 5 nitrogen and oxygen atoms in total. The number of carbonyl (C=O) groups is 1. The van der Waals surface area contributed by atoms with Crippen molar-refractivity contribution in [2.24, 2.45) is 7.05 Å². The first-order valence-electron chi connectivity index (χ1n) is 7.70. The monoisotopic (exact) mass is 299 g/mol. The molecule has 2 aromatic rings. The zero-order chi connectivity index (χ0) is 15.4. The Kier molecular flexibility index (Phi) is 4.42. The predicted molar refractivity (Wildman–Crippen MR) is 83.5 cm³/mol. The van der Waals surface area contributed by atoms with Gasteiger partial charge in [-0.25, -0.2) is 0 Å². The molecule has 1 aliphatic heterocycles. The van der Waals surface area contributed by atoms with Crippen LogP contribution in [0.2, 0.25) is 0 Å². The van der Waals surface area contributed by atoms with Gasteiger partial charge in [-0.05, 0) is 31.4 Å². The van der Waals surface area contributed by atoms with Gasteiger partial charge in [0.2, 0.25) is 0 Å². The van der Waals surface area contributed by atoms with Crippen LogP contribution >= 0.6 is 0 Å². The lowest BCUT2D eigenvalue weighted by molar-refractivity contribution is -0.137. The summed E-state index contributed by atoms with van der Waals surface area (Å²) in [6.07, 6.45) is 7.03. The minimum absolute atomic E-state index is 0.0393. The van der Waals surface area contributed by atoms with Crippen LogP contribution in [0.25, 0.3) is 0 Å². The van der Waals surface area contributed by atoms with Gasteiger partial charge < -0.3 is 9.64 Å². The summed E-state index contributed by atoms with van der Waals surface area (Å²) in [5.74, 6) is 0.767. The SMILES string of the molecule is Cn1cc([C@@H]2CCCCN2C(=O)COc2ccccc2)cn1. The molecule has 1 atom stereocenters. The van der Waals surface area contributed by atoms with Crippen molar-refractivity contribution in [1.82, 2.24) is 14.7 Å². The summed E-state index contributed by atoms with van der Waals surface area (Å²) < 4.78 is 7.38. The first-order valence-corrected chi connectivity index (χ1v) is 7.70. The van der Waals surface area contributed by atoms with Crippen molar-refractivity contribution in [3.05, 3.63) is 48.3 Å². The third-order valence-electron chi connectivity index (χ3n) is 4.04. The smallest absolute Gasteiger partial charge is 0.261 e. The zero-order valence-corrected chi connectivity index (χ0v) is 12.8. The third kappa shape index (κ3) is 3.30. The molecule has 1 aromatic carbocycles. The largest absolute Gasteiger partial charge is 0.484 e. The van der Waals surface area contributed by atoms with E-state index in [1.165, 1.54) is 0 Å². The number of hydrogen-bond donors (Lipinski definition) is 0. The number of aryl methyl sites for hydroxylation is 1. The highest BCUT2D eigenvalue weighted by molar-refractivity contribution is 5.78. The lowest BCUT2D eigenvalue weighted by Gasteiger charge is -2.35. The summed E-state index contributed by atoms with van der Waals surface area (Å²) in [5, 5.41) is 4.23. The Bertz CT molecular complexity index is 624. The van der Waals surface area contributed by atoms with Crippen LogP contribution in [0.3, 0.4) is 0 Å². The number of amides is 1. The Morgan fingerprint density at radius 2 is 2.14 bits per heavy atom. The topological polar surface area (TPSA) is 47.4 Å². The highest BCUT2D eigenvalue weighted by Gasteiger charge is 2.28. The quantitative estimate of drug-likeness (QED) is 0.871. The maximum Gasteiger partial charge on any atom is 0.261 e. The van der Waals surface area contributed by atoms with Crippen molar-refractivity contribution < 1.29 is 9.53 Å². The Morgan fingerprint density at radius 3 is 2.86 bits per heavy atom. The highest BCUT2D eigenvalue weighted by atomic mass is 16.5. The maximum absolute atomic E-state index is 12.5. The Morgan fingerprint density at radius 1 is 1.32 bits per heavy atom. The molecule has 116 valence electrons. The molecule has 2 heterocycles.